The Hall–Kier alpha value is -1.22. The second-order valence-electron chi connectivity index (χ2n) is 3.67. The highest BCUT2D eigenvalue weighted by Crippen LogP contribution is 2.25. The summed E-state index contributed by atoms with van der Waals surface area (Å²) in [4.78, 5) is 0. The summed E-state index contributed by atoms with van der Waals surface area (Å²) in [6.45, 7) is 1.43. The van der Waals surface area contributed by atoms with E-state index in [9.17, 15) is 13.2 Å². The molecular weight excluding hydrogens is 297 g/mol. The number of rotatable bonds is 3. The number of hydrogen-bond acceptors (Lipinski definition) is 2. The Morgan fingerprint density at radius 1 is 1.47 bits per heavy atom. The van der Waals surface area contributed by atoms with E-state index in [0.717, 1.165) is 0 Å². The van der Waals surface area contributed by atoms with Gasteiger partial charge >= 0.3 is 6.18 Å². The predicted molar refractivity (Wildman–Crippen MR) is 62.6 cm³/mol. The molecule has 1 rings (SSSR count). The number of alkyl halides is 3. The van der Waals surface area contributed by atoms with Gasteiger partial charge in [-0.25, -0.2) is 0 Å². The highest BCUT2D eigenvalue weighted by atomic mass is 79.9. The number of benzene rings is 1. The number of nitrogens with one attached hydrogen (secondary N) is 1. The number of nitrogens with zero attached hydrogens (tertiary/aromatic N) is 1. The Bertz CT molecular complexity index is 437. The van der Waals surface area contributed by atoms with Gasteiger partial charge < -0.3 is 5.32 Å². The van der Waals surface area contributed by atoms with Gasteiger partial charge in [0.05, 0.1) is 17.7 Å². The van der Waals surface area contributed by atoms with Crippen molar-refractivity contribution in [1.29, 1.82) is 5.26 Å². The highest BCUT2D eigenvalue weighted by Gasteiger charge is 2.30. The van der Waals surface area contributed by atoms with Crippen molar-refractivity contribution in [2.75, 3.05) is 5.32 Å². The maximum atomic E-state index is 12.1. The first-order valence-electron chi connectivity index (χ1n) is 4.85. The molecule has 0 aliphatic heterocycles. The average molecular weight is 307 g/mol. The summed E-state index contributed by atoms with van der Waals surface area (Å²) in [6.07, 6.45) is -5.15. The third kappa shape index (κ3) is 4.65. The smallest absolute Gasteiger partial charge is 0.381 e. The highest BCUT2D eigenvalue weighted by molar-refractivity contribution is 9.10. The Labute approximate surface area is 106 Å². The second kappa shape index (κ2) is 5.41. The van der Waals surface area contributed by atoms with E-state index >= 15 is 0 Å². The lowest BCUT2D eigenvalue weighted by molar-refractivity contribution is -0.136. The molecule has 0 spiro atoms. The molecular formula is C11H10BrF3N2. The molecule has 1 aromatic carbocycles. The molecule has 0 radical (unpaired) electrons. The quantitative estimate of drug-likeness (QED) is 0.913. The van der Waals surface area contributed by atoms with E-state index < -0.39 is 18.6 Å². The Morgan fingerprint density at radius 3 is 2.65 bits per heavy atom. The minimum Gasteiger partial charge on any atom is -0.381 e. The van der Waals surface area contributed by atoms with Crippen molar-refractivity contribution in [1.82, 2.24) is 0 Å². The molecule has 1 atom stereocenters. The summed E-state index contributed by atoms with van der Waals surface area (Å²) in [5.41, 5.74) is 0.723. The first-order chi connectivity index (χ1) is 7.81. The SMILES string of the molecule is CC(CC(F)(F)F)Nc1ccc(Br)cc1C#N. The Kier molecular flexibility index (Phi) is 4.40. The van der Waals surface area contributed by atoms with Crippen LogP contribution in [0.1, 0.15) is 18.9 Å². The van der Waals surface area contributed by atoms with Crippen LogP contribution in [0.3, 0.4) is 0 Å². The van der Waals surface area contributed by atoms with E-state index in [2.05, 4.69) is 21.2 Å². The maximum absolute atomic E-state index is 12.1. The first kappa shape index (κ1) is 13.8. The molecule has 0 aliphatic carbocycles. The largest absolute Gasteiger partial charge is 0.391 e. The zero-order chi connectivity index (χ0) is 13.1. The number of hydrogen-bond donors (Lipinski definition) is 1. The van der Waals surface area contributed by atoms with Crippen LogP contribution in [0.5, 0.6) is 0 Å². The summed E-state index contributed by atoms with van der Waals surface area (Å²) in [5, 5.41) is 11.5. The van der Waals surface area contributed by atoms with Gasteiger partial charge in [-0.15, -0.1) is 0 Å². The lowest BCUT2D eigenvalue weighted by Gasteiger charge is -2.17. The molecule has 1 unspecified atom stereocenters. The van der Waals surface area contributed by atoms with Gasteiger partial charge in [0.15, 0.2) is 0 Å². The van der Waals surface area contributed by atoms with Crippen LogP contribution in [0.4, 0.5) is 18.9 Å². The number of anilines is 1. The predicted octanol–water partition coefficient (Wildman–Crippen LogP) is 4.07. The summed E-state index contributed by atoms with van der Waals surface area (Å²) in [5.74, 6) is 0. The molecule has 0 saturated carbocycles. The van der Waals surface area contributed by atoms with Crippen molar-refractivity contribution in [2.24, 2.45) is 0 Å². The fraction of sp³-hybridized carbons (Fsp3) is 0.364. The average Bonchev–Trinajstić information content (AvgIpc) is 2.17. The minimum absolute atomic E-state index is 0.313. The normalized spacial score (nSPS) is 12.9. The number of halogens is 4. The summed E-state index contributed by atoms with van der Waals surface area (Å²) < 4.78 is 37.1. The van der Waals surface area contributed by atoms with E-state index in [1.54, 1.807) is 18.2 Å². The van der Waals surface area contributed by atoms with Crippen molar-refractivity contribution < 1.29 is 13.2 Å². The van der Waals surface area contributed by atoms with Gasteiger partial charge in [0.2, 0.25) is 0 Å². The van der Waals surface area contributed by atoms with Crippen molar-refractivity contribution in [2.45, 2.75) is 25.6 Å². The van der Waals surface area contributed by atoms with Crippen molar-refractivity contribution in [3.05, 3.63) is 28.2 Å². The van der Waals surface area contributed by atoms with Gasteiger partial charge in [0, 0.05) is 10.5 Å². The topological polar surface area (TPSA) is 35.8 Å². The van der Waals surface area contributed by atoms with Gasteiger partial charge in [0.25, 0.3) is 0 Å². The summed E-state index contributed by atoms with van der Waals surface area (Å²) >= 11 is 3.19. The summed E-state index contributed by atoms with van der Waals surface area (Å²) in [7, 11) is 0. The number of nitriles is 1. The van der Waals surface area contributed by atoms with Gasteiger partial charge in [-0.3, -0.25) is 0 Å². The minimum atomic E-state index is -4.21. The van der Waals surface area contributed by atoms with E-state index in [-0.39, 0.29) is 0 Å². The molecule has 0 aromatic heterocycles. The fourth-order valence-electron chi connectivity index (χ4n) is 1.40. The molecule has 1 N–H and O–H groups in total. The van der Waals surface area contributed by atoms with Crippen LogP contribution >= 0.6 is 15.9 Å². The molecule has 2 nitrogen and oxygen atoms in total. The zero-order valence-electron chi connectivity index (χ0n) is 8.98. The van der Waals surface area contributed by atoms with Gasteiger partial charge in [-0.2, -0.15) is 18.4 Å². The first-order valence-corrected chi connectivity index (χ1v) is 5.64. The molecule has 6 heteroatoms. The maximum Gasteiger partial charge on any atom is 0.391 e. The van der Waals surface area contributed by atoms with Crippen LogP contribution in [0.2, 0.25) is 0 Å². The molecule has 0 bridgehead atoms. The molecule has 0 heterocycles. The second-order valence-corrected chi connectivity index (χ2v) is 4.58. The van der Waals surface area contributed by atoms with Crippen molar-refractivity contribution in [3.8, 4) is 6.07 Å². The summed E-state index contributed by atoms with van der Waals surface area (Å²) in [6, 6.07) is 5.96. The van der Waals surface area contributed by atoms with Crippen molar-refractivity contribution in [3.63, 3.8) is 0 Å². The van der Waals surface area contributed by atoms with Crippen LogP contribution in [0.15, 0.2) is 22.7 Å². The van der Waals surface area contributed by atoms with Crippen LogP contribution in [-0.2, 0) is 0 Å². The Morgan fingerprint density at radius 2 is 2.12 bits per heavy atom. The fourth-order valence-corrected chi connectivity index (χ4v) is 1.76. The molecule has 0 fully saturated rings. The van der Waals surface area contributed by atoms with Gasteiger partial charge in [-0.1, -0.05) is 15.9 Å². The molecule has 0 aliphatic rings. The lowest BCUT2D eigenvalue weighted by atomic mass is 10.1. The molecule has 92 valence electrons. The molecule has 1 aromatic rings. The molecule has 0 amide bonds. The van der Waals surface area contributed by atoms with E-state index in [4.69, 9.17) is 5.26 Å². The van der Waals surface area contributed by atoms with Crippen LogP contribution < -0.4 is 5.32 Å². The van der Waals surface area contributed by atoms with Crippen LogP contribution in [0, 0.1) is 11.3 Å². The standard InChI is InChI=1S/C11H10BrF3N2/c1-7(5-11(13,14)15)17-10-3-2-9(12)4-8(10)6-16/h2-4,7,17H,5H2,1H3. The van der Waals surface area contributed by atoms with E-state index in [1.807, 2.05) is 6.07 Å². The lowest BCUT2D eigenvalue weighted by Crippen LogP contribution is -2.24. The van der Waals surface area contributed by atoms with Gasteiger partial charge in [0.1, 0.15) is 6.07 Å². The van der Waals surface area contributed by atoms with E-state index in [0.29, 0.717) is 15.7 Å². The Balaban J connectivity index is 2.79. The third-order valence-electron chi connectivity index (χ3n) is 2.04. The van der Waals surface area contributed by atoms with Crippen LogP contribution in [-0.4, -0.2) is 12.2 Å². The zero-order valence-corrected chi connectivity index (χ0v) is 10.6. The monoisotopic (exact) mass is 306 g/mol. The molecule has 0 saturated heterocycles. The van der Waals surface area contributed by atoms with Crippen LogP contribution in [0.25, 0.3) is 0 Å². The third-order valence-corrected chi connectivity index (χ3v) is 2.53. The molecule has 17 heavy (non-hydrogen) atoms. The van der Waals surface area contributed by atoms with Gasteiger partial charge in [-0.05, 0) is 25.1 Å². The van der Waals surface area contributed by atoms with Crippen molar-refractivity contribution >= 4 is 21.6 Å². The van der Waals surface area contributed by atoms with E-state index in [1.165, 1.54) is 6.92 Å².